The fraction of sp³-hybridized carbons (Fsp3) is 0.429. The first-order valence-electron chi connectivity index (χ1n) is 8.99. The summed E-state index contributed by atoms with van der Waals surface area (Å²) in [4.78, 5) is 0. The molecule has 0 saturated heterocycles. The number of aliphatic hydroxyl groups is 2. The number of benzene rings is 2. The fourth-order valence-electron chi connectivity index (χ4n) is 3.99. The topological polar surface area (TPSA) is 49.7 Å². The van der Waals surface area contributed by atoms with Crippen molar-refractivity contribution in [3.8, 4) is 0 Å². The van der Waals surface area contributed by atoms with E-state index >= 15 is 0 Å². The SMILES string of the molecule is CC(C)(C)[Si](OC1CC(O)C(O)C1)(c1ccccc1)c1ccccc1. The molecule has 0 bridgehead atoms. The van der Waals surface area contributed by atoms with Crippen molar-refractivity contribution in [1.29, 1.82) is 0 Å². The zero-order valence-corrected chi connectivity index (χ0v) is 16.2. The lowest BCUT2D eigenvalue weighted by Crippen LogP contribution is -2.67. The summed E-state index contributed by atoms with van der Waals surface area (Å²) in [6.45, 7) is 6.71. The van der Waals surface area contributed by atoms with E-state index in [1.54, 1.807) is 0 Å². The minimum absolute atomic E-state index is 0.0891. The molecule has 1 fully saturated rings. The van der Waals surface area contributed by atoms with Gasteiger partial charge < -0.3 is 14.6 Å². The van der Waals surface area contributed by atoms with Crippen LogP contribution in [0.2, 0.25) is 5.04 Å². The van der Waals surface area contributed by atoms with E-state index in [1.807, 2.05) is 12.1 Å². The largest absolute Gasteiger partial charge is 0.404 e. The summed E-state index contributed by atoms with van der Waals surface area (Å²) in [5.41, 5.74) is 0. The third-order valence-corrected chi connectivity index (χ3v) is 10.3. The lowest BCUT2D eigenvalue weighted by atomic mass is 10.2. The van der Waals surface area contributed by atoms with Gasteiger partial charge in [-0.15, -0.1) is 0 Å². The monoisotopic (exact) mass is 356 g/mol. The molecular formula is C21H28O3Si. The van der Waals surface area contributed by atoms with Gasteiger partial charge >= 0.3 is 0 Å². The molecule has 0 amide bonds. The van der Waals surface area contributed by atoms with Gasteiger partial charge in [0.05, 0.1) is 18.3 Å². The summed E-state index contributed by atoms with van der Waals surface area (Å²) >= 11 is 0. The quantitative estimate of drug-likeness (QED) is 0.828. The first-order valence-corrected chi connectivity index (χ1v) is 10.9. The van der Waals surface area contributed by atoms with E-state index in [0.29, 0.717) is 12.8 Å². The van der Waals surface area contributed by atoms with E-state index in [1.165, 1.54) is 10.4 Å². The van der Waals surface area contributed by atoms with Gasteiger partial charge in [0.15, 0.2) is 0 Å². The second-order valence-electron chi connectivity index (χ2n) is 8.01. The normalized spacial score (nSPS) is 24.4. The summed E-state index contributed by atoms with van der Waals surface area (Å²) in [6.07, 6.45) is -0.528. The molecule has 2 N–H and O–H groups in total. The van der Waals surface area contributed by atoms with Crippen molar-refractivity contribution >= 4 is 18.7 Å². The van der Waals surface area contributed by atoms with Gasteiger partial charge in [-0.05, 0) is 15.4 Å². The molecule has 0 aliphatic heterocycles. The number of hydrogen-bond donors (Lipinski definition) is 2. The number of rotatable bonds is 4. The molecule has 2 atom stereocenters. The van der Waals surface area contributed by atoms with Crippen LogP contribution < -0.4 is 10.4 Å². The lowest BCUT2D eigenvalue weighted by Gasteiger charge is -2.44. The smallest absolute Gasteiger partial charge is 0.261 e. The Balaban J connectivity index is 2.12. The van der Waals surface area contributed by atoms with Gasteiger partial charge in [0.1, 0.15) is 0 Å². The molecule has 2 unspecified atom stereocenters. The van der Waals surface area contributed by atoms with Crippen molar-refractivity contribution < 1.29 is 14.6 Å². The van der Waals surface area contributed by atoms with E-state index in [2.05, 4.69) is 69.3 Å². The second kappa shape index (κ2) is 7.04. The lowest BCUT2D eigenvalue weighted by molar-refractivity contribution is 0.0438. The Labute approximate surface area is 151 Å². The average molecular weight is 357 g/mol. The molecule has 1 saturated carbocycles. The van der Waals surface area contributed by atoms with Crippen LogP contribution in [0.1, 0.15) is 33.6 Å². The van der Waals surface area contributed by atoms with Crippen LogP contribution in [0.5, 0.6) is 0 Å². The Morgan fingerprint density at radius 1 is 0.800 bits per heavy atom. The third kappa shape index (κ3) is 3.44. The average Bonchev–Trinajstić information content (AvgIpc) is 2.91. The molecule has 0 radical (unpaired) electrons. The van der Waals surface area contributed by atoms with Crippen LogP contribution in [0.4, 0.5) is 0 Å². The van der Waals surface area contributed by atoms with Gasteiger partial charge in [-0.2, -0.15) is 0 Å². The zero-order chi connectivity index (χ0) is 18.1. The molecule has 1 aliphatic carbocycles. The predicted molar refractivity (Wildman–Crippen MR) is 104 cm³/mol. The maximum Gasteiger partial charge on any atom is 0.261 e. The molecule has 2 aromatic rings. The Hall–Kier alpha value is -1.46. The van der Waals surface area contributed by atoms with Crippen LogP contribution in [0.15, 0.2) is 60.7 Å². The molecule has 0 aromatic heterocycles. The van der Waals surface area contributed by atoms with Crippen molar-refractivity contribution in [3.05, 3.63) is 60.7 Å². The first-order chi connectivity index (χ1) is 11.8. The van der Waals surface area contributed by atoms with Gasteiger partial charge in [-0.25, -0.2) is 0 Å². The maximum atomic E-state index is 9.99. The zero-order valence-electron chi connectivity index (χ0n) is 15.2. The van der Waals surface area contributed by atoms with Crippen LogP contribution in [0, 0.1) is 0 Å². The summed E-state index contributed by atoms with van der Waals surface area (Å²) in [5.74, 6) is 0. The minimum atomic E-state index is -2.60. The number of aliphatic hydroxyl groups excluding tert-OH is 2. The standard InChI is InChI=1S/C21H28O3Si/c1-21(2,3)25(17-10-6-4-7-11-17,18-12-8-5-9-13-18)24-16-14-19(22)20(23)15-16/h4-13,16,19-20,22-23H,14-15H2,1-3H3. The van der Waals surface area contributed by atoms with E-state index in [9.17, 15) is 10.2 Å². The first kappa shape index (κ1) is 18.3. The van der Waals surface area contributed by atoms with E-state index in [4.69, 9.17) is 4.43 Å². The Bertz CT molecular complexity index is 632. The van der Waals surface area contributed by atoms with Crippen molar-refractivity contribution in [2.45, 2.75) is 57.0 Å². The second-order valence-corrected chi connectivity index (χ2v) is 12.3. The number of hydrogen-bond acceptors (Lipinski definition) is 3. The van der Waals surface area contributed by atoms with Crippen molar-refractivity contribution in [1.82, 2.24) is 0 Å². The van der Waals surface area contributed by atoms with Crippen molar-refractivity contribution in [3.63, 3.8) is 0 Å². The summed E-state index contributed by atoms with van der Waals surface area (Å²) in [6, 6.07) is 20.9. The van der Waals surface area contributed by atoms with Crippen molar-refractivity contribution in [2.24, 2.45) is 0 Å². The van der Waals surface area contributed by atoms with Crippen LogP contribution in [0.3, 0.4) is 0 Å². The van der Waals surface area contributed by atoms with Gasteiger partial charge in [0.2, 0.25) is 0 Å². The molecule has 134 valence electrons. The highest BCUT2D eigenvalue weighted by molar-refractivity contribution is 6.99. The molecule has 25 heavy (non-hydrogen) atoms. The molecule has 0 spiro atoms. The molecule has 1 aliphatic rings. The molecule has 4 heteroatoms. The van der Waals surface area contributed by atoms with Crippen LogP contribution in [-0.2, 0) is 4.43 Å². The third-order valence-electron chi connectivity index (χ3n) is 5.21. The van der Waals surface area contributed by atoms with Crippen LogP contribution in [-0.4, -0.2) is 36.8 Å². The predicted octanol–water partition coefficient (Wildman–Crippen LogP) is 2.45. The summed E-state index contributed by atoms with van der Waals surface area (Å²) in [5, 5.41) is 22.4. The van der Waals surface area contributed by atoms with Gasteiger partial charge in [0.25, 0.3) is 8.32 Å². The molecule has 0 heterocycles. The van der Waals surface area contributed by atoms with Crippen molar-refractivity contribution in [2.75, 3.05) is 0 Å². The van der Waals surface area contributed by atoms with Gasteiger partial charge in [0, 0.05) is 12.8 Å². The summed E-state index contributed by atoms with van der Waals surface area (Å²) < 4.78 is 6.90. The molecule has 2 aromatic carbocycles. The maximum absolute atomic E-state index is 9.99. The van der Waals surface area contributed by atoms with E-state index < -0.39 is 20.5 Å². The Morgan fingerprint density at radius 3 is 1.56 bits per heavy atom. The molecule has 3 rings (SSSR count). The molecule has 3 nitrogen and oxygen atoms in total. The van der Waals surface area contributed by atoms with Crippen LogP contribution in [0.25, 0.3) is 0 Å². The van der Waals surface area contributed by atoms with Gasteiger partial charge in [-0.1, -0.05) is 81.4 Å². The highest BCUT2D eigenvalue weighted by Gasteiger charge is 2.52. The highest BCUT2D eigenvalue weighted by Crippen LogP contribution is 2.39. The van der Waals surface area contributed by atoms with Crippen LogP contribution >= 0.6 is 0 Å². The Morgan fingerprint density at radius 2 is 1.20 bits per heavy atom. The van der Waals surface area contributed by atoms with E-state index in [0.717, 1.165) is 0 Å². The molecular weight excluding hydrogens is 328 g/mol. The summed E-state index contributed by atoms with van der Waals surface area (Å²) in [7, 11) is -2.60. The minimum Gasteiger partial charge on any atom is -0.404 e. The Kier molecular flexibility index (Phi) is 5.16. The fourth-order valence-corrected chi connectivity index (χ4v) is 8.69. The van der Waals surface area contributed by atoms with E-state index in [-0.39, 0.29) is 11.1 Å². The van der Waals surface area contributed by atoms with Gasteiger partial charge in [-0.3, -0.25) is 0 Å². The highest BCUT2D eigenvalue weighted by atomic mass is 28.4.